The van der Waals surface area contributed by atoms with E-state index in [0.29, 0.717) is 11.3 Å². The van der Waals surface area contributed by atoms with Crippen LogP contribution in [0.5, 0.6) is 0 Å². The number of thioether (sulfide) groups is 1. The van der Waals surface area contributed by atoms with Gasteiger partial charge in [0.1, 0.15) is 16.8 Å². The number of aryl methyl sites for hydroxylation is 1. The molecule has 0 spiro atoms. The van der Waals surface area contributed by atoms with Gasteiger partial charge in [-0.3, -0.25) is 0 Å². The molecule has 0 amide bonds. The zero-order valence-electron chi connectivity index (χ0n) is 12.3. The van der Waals surface area contributed by atoms with Crippen molar-refractivity contribution in [2.24, 2.45) is 10.2 Å². The van der Waals surface area contributed by atoms with E-state index in [1.807, 2.05) is 51.1 Å². The van der Waals surface area contributed by atoms with E-state index < -0.39 is 0 Å². The highest BCUT2D eigenvalue weighted by Gasteiger charge is 2.14. The van der Waals surface area contributed by atoms with Gasteiger partial charge in [0.05, 0.1) is 16.9 Å². The summed E-state index contributed by atoms with van der Waals surface area (Å²) in [6.45, 7) is 5.83. The Labute approximate surface area is 128 Å². The lowest BCUT2D eigenvalue weighted by atomic mass is 10.1. The van der Waals surface area contributed by atoms with Gasteiger partial charge in [-0.1, -0.05) is 25.1 Å². The number of nitriles is 1. The minimum Gasteiger partial charge on any atom is -0.243 e. The second kappa shape index (κ2) is 7.00. The van der Waals surface area contributed by atoms with Gasteiger partial charge in [0.15, 0.2) is 0 Å². The second-order valence-corrected chi connectivity index (χ2v) is 5.68. The van der Waals surface area contributed by atoms with Crippen LogP contribution in [0.4, 0.5) is 11.4 Å². The number of pyridine rings is 1. The van der Waals surface area contributed by atoms with Gasteiger partial charge in [0.2, 0.25) is 0 Å². The van der Waals surface area contributed by atoms with E-state index in [2.05, 4.69) is 21.3 Å². The highest BCUT2D eigenvalue weighted by molar-refractivity contribution is 7.99. The van der Waals surface area contributed by atoms with Gasteiger partial charge >= 0.3 is 0 Å². The molecule has 0 aliphatic rings. The minimum atomic E-state index is 0.592. The van der Waals surface area contributed by atoms with Gasteiger partial charge in [-0.25, -0.2) is 4.98 Å². The normalized spacial score (nSPS) is 10.8. The van der Waals surface area contributed by atoms with Gasteiger partial charge in [-0.05, 0) is 37.3 Å². The lowest BCUT2D eigenvalue weighted by Crippen LogP contribution is -1.96. The summed E-state index contributed by atoms with van der Waals surface area (Å²) in [5.41, 5.74) is 3.68. The largest absolute Gasteiger partial charge is 0.243 e. The van der Waals surface area contributed by atoms with Crippen LogP contribution in [0.3, 0.4) is 0 Å². The minimum absolute atomic E-state index is 0.592. The molecule has 5 heteroatoms. The molecule has 106 valence electrons. The Morgan fingerprint density at radius 2 is 1.90 bits per heavy atom. The van der Waals surface area contributed by atoms with E-state index in [-0.39, 0.29) is 0 Å². The molecule has 0 unspecified atom stereocenters. The van der Waals surface area contributed by atoms with Crippen molar-refractivity contribution < 1.29 is 0 Å². The van der Waals surface area contributed by atoms with Crippen molar-refractivity contribution >= 4 is 23.1 Å². The van der Waals surface area contributed by atoms with Crippen LogP contribution < -0.4 is 0 Å². The molecule has 0 aliphatic heterocycles. The van der Waals surface area contributed by atoms with Crippen LogP contribution in [0.15, 0.2) is 45.6 Å². The molecule has 0 radical (unpaired) electrons. The van der Waals surface area contributed by atoms with E-state index in [1.165, 1.54) is 0 Å². The molecule has 0 atom stereocenters. The van der Waals surface area contributed by atoms with Crippen LogP contribution in [-0.2, 0) is 0 Å². The molecule has 1 aromatic carbocycles. The van der Waals surface area contributed by atoms with Crippen LogP contribution in [0.25, 0.3) is 0 Å². The molecule has 21 heavy (non-hydrogen) atoms. The Morgan fingerprint density at radius 3 is 2.52 bits per heavy atom. The molecule has 0 saturated carbocycles. The maximum absolute atomic E-state index is 9.35. The third-order valence-corrected chi connectivity index (χ3v) is 3.83. The van der Waals surface area contributed by atoms with E-state index >= 15 is 0 Å². The van der Waals surface area contributed by atoms with Crippen LogP contribution in [0.1, 0.15) is 23.7 Å². The van der Waals surface area contributed by atoms with Gasteiger partial charge < -0.3 is 0 Å². The molecular weight excluding hydrogens is 280 g/mol. The van der Waals surface area contributed by atoms with Crippen molar-refractivity contribution in [3.05, 3.63) is 47.2 Å². The van der Waals surface area contributed by atoms with Crippen molar-refractivity contribution in [2.75, 3.05) is 5.75 Å². The first-order chi connectivity index (χ1) is 10.2. The number of hydrogen-bond donors (Lipinski definition) is 0. The molecule has 0 N–H and O–H groups in total. The molecule has 0 fully saturated rings. The number of hydrogen-bond acceptors (Lipinski definition) is 5. The summed E-state index contributed by atoms with van der Waals surface area (Å²) in [5, 5.41) is 18.6. The number of azo groups is 1. The average molecular weight is 296 g/mol. The lowest BCUT2D eigenvalue weighted by molar-refractivity contribution is 1.01. The maximum Gasteiger partial charge on any atom is 0.115 e. The van der Waals surface area contributed by atoms with Crippen LogP contribution in [-0.4, -0.2) is 10.7 Å². The van der Waals surface area contributed by atoms with Crippen LogP contribution in [0, 0.1) is 25.2 Å². The number of rotatable bonds is 4. The topological polar surface area (TPSA) is 61.4 Å². The van der Waals surface area contributed by atoms with E-state index in [0.717, 1.165) is 27.7 Å². The standard InChI is InChI=1S/C16H16N4S/c1-4-21-16-14(10-17)11(2)15(12(3)18-16)20-19-13-8-6-5-7-9-13/h5-9H,4H2,1-3H3. The first-order valence-corrected chi connectivity index (χ1v) is 7.66. The van der Waals surface area contributed by atoms with E-state index in [1.54, 1.807) is 11.8 Å². The highest BCUT2D eigenvalue weighted by Crippen LogP contribution is 2.32. The smallest absolute Gasteiger partial charge is 0.115 e. The molecule has 1 heterocycles. The van der Waals surface area contributed by atoms with Crippen molar-refractivity contribution in [2.45, 2.75) is 25.8 Å². The number of nitrogens with zero attached hydrogens (tertiary/aromatic N) is 4. The molecule has 2 aromatic rings. The second-order valence-electron chi connectivity index (χ2n) is 4.43. The molecular formula is C16H16N4S. The summed E-state index contributed by atoms with van der Waals surface area (Å²) in [7, 11) is 0. The van der Waals surface area contributed by atoms with Gasteiger partial charge in [0, 0.05) is 0 Å². The first-order valence-electron chi connectivity index (χ1n) is 6.68. The summed E-state index contributed by atoms with van der Waals surface area (Å²) >= 11 is 1.57. The van der Waals surface area contributed by atoms with E-state index in [9.17, 15) is 5.26 Å². The van der Waals surface area contributed by atoms with E-state index in [4.69, 9.17) is 0 Å². The van der Waals surface area contributed by atoms with Gasteiger partial charge in [-0.15, -0.1) is 16.9 Å². The fourth-order valence-corrected chi connectivity index (χ4v) is 2.75. The van der Waals surface area contributed by atoms with Crippen LogP contribution >= 0.6 is 11.8 Å². The molecule has 2 rings (SSSR count). The van der Waals surface area contributed by atoms with Crippen molar-refractivity contribution in [3.8, 4) is 6.07 Å². The van der Waals surface area contributed by atoms with Gasteiger partial charge in [-0.2, -0.15) is 10.4 Å². The summed E-state index contributed by atoms with van der Waals surface area (Å²) in [5.74, 6) is 0.880. The Morgan fingerprint density at radius 1 is 1.19 bits per heavy atom. The Bertz CT molecular complexity index is 702. The third kappa shape index (κ3) is 3.47. The Kier molecular flexibility index (Phi) is 5.07. The molecule has 0 aliphatic carbocycles. The average Bonchev–Trinajstić information content (AvgIpc) is 2.48. The maximum atomic E-state index is 9.35. The fourth-order valence-electron chi connectivity index (χ4n) is 1.93. The first kappa shape index (κ1) is 15.2. The summed E-state index contributed by atoms with van der Waals surface area (Å²) in [6.07, 6.45) is 0. The zero-order valence-corrected chi connectivity index (χ0v) is 13.1. The lowest BCUT2D eigenvalue weighted by Gasteiger charge is -2.09. The molecule has 0 saturated heterocycles. The molecule has 0 bridgehead atoms. The fraction of sp³-hybridized carbons (Fsp3) is 0.250. The summed E-state index contributed by atoms with van der Waals surface area (Å²) in [6, 6.07) is 11.7. The highest BCUT2D eigenvalue weighted by atomic mass is 32.2. The van der Waals surface area contributed by atoms with Crippen molar-refractivity contribution in [3.63, 3.8) is 0 Å². The molecule has 1 aromatic heterocycles. The predicted molar refractivity (Wildman–Crippen MR) is 85.4 cm³/mol. The monoisotopic (exact) mass is 296 g/mol. The van der Waals surface area contributed by atoms with Crippen molar-refractivity contribution in [1.82, 2.24) is 4.98 Å². The van der Waals surface area contributed by atoms with Crippen LogP contribution in [0.2, 0.25) is 0 Å². The number of aromatic nitrogens is 1. The zero-order chi connectivity index (χ0) is 15.2. The Balaban J connectivity index is 2.45. The predicted octanol–water partition coefficient (Wildman–Crippen LogP) is 5.10. The SMILES string of the molecule is CCSc1nc(C)c(N=Nc2ccccc2)c(C)c1C#N. The molecule has 4 nitrogen and oxygen atoms in total. The Hall–Kier alpha value is -2.19. The summed E-state index contributed by atoms with van der Waals surface area (Å²) < 4.78 is 0. The number of benzene rings is 1. The summed E-state index contributed by atoms with van der Waals surface area (Å²) in [4.78, 5) is 4.49. The van der Waals surface area contributed by atoms with Gasteiger partial charge in [0.25, 0.3) is 0 Å². The quantitative estimate of drug-likeness (QED) is 0.582. The van der Waals surface area contributed by atoms with Crippen molar-refractivity contribution in [1.29, 1.82) is 5.26 Å². The third-order valence-electron chi connectivity index (χ3n) is 2.97.